The Morgan fingerprint density at radius 1 is 1.05 bits per heavy atom. The summed E-state index contributed by atoms with van der Waals surface area (Å²) in [5.41, 5.74) is 3.09. The van der Waals surface area contributed by atoms with E-state index in [1.54, 1.807) is 6.08 Å². The fourth-order valence-electron chi connectivity index (χ4n) is 6.47. The minimum absolute atomic E-state index is 0.0688. The van der Waals surface area contributed by atoms with Crippen molar-refractivity contribution >= 4 is 33.7 Å². The molecular formula is C29H40N4O4S. The predicted octanol–water partition coefficient (Wildman–Crippen LogP) is 3.92. The number of aryl methyl sites for hydroxylation is 2. The van der Waals surface area contributed by atoms with E-state index in [1.165, 1.54) is 9.71 Å². The van der Waals surface area contributed by atoms with Gasteiger partial charge in [0.2, 0.25) is 15.9 Å². The Hall–Kier alpha value is -2.52. The van der Waals surface area contributed by atoms with Crippen molar-refractivity contribution in [2.45, 2.75) is 84.2 Å². The van der Waals surface area contributed by atoms with Gasteiger partial charge in [-0.2, -0.15) is 4.31 Å². The van der Waals surface area contributed by atoms with Crippen LogP contribution in [0.5, 0.6) is 0 Å². The first-order chi connectivity index (χ1) is 18.1. The summed E-state index contributed by atoms with van der Waals surface area (Å²) in [6, 6.07) is 4.08. The summed E-state index contributed by atoms with van der Waals surface area (Å²) in [5, 5.41) is 4.34. The number of likely N-dealkylation sites (tertiary alicyclic amines) is 1. The van der Waals surface area contributed by atoms with Crippen molar-refractivity contribution in [2.75, 3.05) is 19.6 Å². The molecule has 8 nitrogen and oxygen atoms in total. The van der Waals surface area contributed by atoms with Crippen LogP contribution in [0.25, 0.3) is 6.08 Å². The standard InChI is InChI=1S/C29H40N4O4S/c1-20-6-8-24(9-7-20)27-30-28(35)29(31-27)11-14-33(15-12-29)38(36,37)16-10-25-21(2)17-23(18-22(25)3)19-32-13-4-5-26(32)34/h10,16-18,20,24H,4-9,11-15,19H2,1-3H3,(H,30,31,35). The SMILES string of the molecule is Cc1cc(CN2CCCC2=O)cc(C)c1C=CS(=O)(=O)N1CCC2(CC1)N=C(C1CCC(C)CC1)NC2=O. The molecule has 1 N–H and O–H groups in total. The van der Waals surface area contributed by atoms with Crippen molar-refractivity contribution in [2.24, 2.45) is 16.8 Å². The lowest BCUT2D eigenvalue weighted by Gasteiger charge is -2.34. The second-order valence-corrected chi connectivity index (χ2v) is 13.6. The number of amides is 2. The van der Waals surface area contributed by atoms with Crippen molar-refractivity contribution in [3.05, 3.63) is 39.8 Å². The number of aliphatic imine (C=N–C) groups is 1. The van der Waals surface area contributed by atoms with Gasteiger partial charge in [0.15, 0.2) is 0 Å². The first-order valence-electron chi connectivity index (χ1n) is 14.0. The van der Waals surface area contributed by atoms with E-state index in [4.69, 9.17) is 4.99 Å². The molecule has 3 fully saturated rings. The number of nitrogens with zero attached hydrogens (tertiary/aromatic N) is 3. The van der Waals surface area contributed by atoms with Gasteiger partial charge in [0.1, 0.15) is 11.4 Å². The molecule has 2 amide bonds. The van der Waals surface area contributed by atoms with E-state index in [0.29, 0.717) is 31.7 Å². The smallest absolute Gasteiger partial charge is 0.253 e. The van der Waals surface area contributed by atoms with Crippen LogP contribution in [0.2, 0.25) is 0 Å². The molecule has 206 valence electrons. The molecule has 3 heterocycles. The number of rotatable bonds is 6. The molecule has 0 aromatic heterocycles. The van der Waals surface area contributed by atoms with Gasteiger partial charge in [-0.1, -0.05) is 31.9 Å². The summed E-state index contributed by atoms with van der Waals surface area (Å²) in [6.07, 6.45) is 8.43. The second-order valence-electron chi connectivity index (χ2n) is 11.7. The van der Waals surface area contributed by atoms with E-state index >= 15 is 0 Å². The molecule has 38 heavy (non-hydrogen) atoms. The number of amidine groups is 1. The van der Waals surface area contributed by atoms with Crippen molar-refractivity contribution in [1.29, 1.82) is 0 Å². The molecule has 5 rings (SSSR count). The van der Waals surface area contributed by atoms with E-state index in [1.807, 2.05) is 30.9 Å². The molecule has 0 atom stereocenters. The highest BCUT2D eigenvalue weighted by Gasteiger charge is 2.48. The molecule has 1 aromatic carbocycles. The van der Waals surface area contributed by atoms with Crippen LogP contribution in [0.4, 0.5) is 0 Å². The third-order valence-corrected chi connectivity index (χ3v) is 10.5. The maximum absolute atomic E-state index is 13.2. The Labute approximate surface area is 226 Å². The number of sulfonamides is 1. The quantitative estimate of drug-likeness (QED) is 0.591. The lowest BCUT2D eigenvalue weighted by molar-refractivity contribution is -0.128. The molecule has 2 saturated heterocycles. The Morgan fingerprint density at radius 2 is 1.71 bits per heavy atom. The number of piperidine rings is 1. The highest BCUT2D eigenvalue weighted by atomic mass is 32.2. The number of carbonyl (C=O) groups excluding carboxylic acids is 2. The van der Waals surface area contributed by atoms with Gasteiger partial charge in [-0.15, -0.1) is 0 Å². The van der Waals surface area contributed by atoms with Gasteiger partial charge < -0.3 is 10.2 Å². The topological polar surface area (TPSA) is 99.2 Å². The van der Waals surface area contributed by atoms with Crippen LogP contribution >= 0.6 is 0 Å². The van der Waals surface area contributed by atoms with Gasteiger partial charge in [-0.3, -0.25) is 14.6 Å². The summed E-state index contributed by atoms with van der Waals surface area (Å²) in [7, 11) is -3.64. The van der Waals surface area contributed by atoms with Crippen LogP contribution in [0.15, 0.2) is 22.5 Å². The average molecular weight is 541 g/mol. The Morgan fingerprint density at radius 3 is 2.32 bits per heavy atom. The van der Waals surface area contributed by atoms with Gasteiger partial charge >= 0.3 is 0 Å². The molecule has 4 aliphatic rings. The van der Waals surface area contributed by atoms with Gasteiger partial charge in [-0.05, 0) is 80.2 Å². The molecular weight excluding hydrogens is 500 g/mol. The predicted molar refractivity (Wildman–Crippen MR) is 149 cm³/mol. The number of nitrogens with one attached hydrogen (secondary N) is 1. The number of benzene rings is 1. The van der Waals surface area contributed by atoms with E-state index in [-0.39, 0.29) is 24.9 Å². The Kier molecular flexibility index (Phi) is 7.52. The lowest BCUT2D eigenvalue weighted by Crippen LogP contribution is -2.50. The molecule has 3 aliphatic heterocycles. The number of hydrogen-bond donors (Lipinski definition) is 1. The zero-order valence-electron chi connectivity index (χ0n) is 22.8. The van der Waals surface area contributed by atoms with Crippen molar-refractivity contribution in [3.63, 3.8) is 0 Å². The zero-order chi connectivity index (χ0) is 27.1. The first-order valence-corrected chi connectivity index (χ1v) is 15.5. The van der Waals surface area contributed by atoms with Crippen LogP contribution in [0, 0.1) is 25.7 Å². The van der Waals surface area contributed by atoms with Gasteiger partial charge in [0.05, 0.1) is 0 Å². The molecule has 1 aromatic rings. The van der Waals surface area contributed by atoms with Crippen LogP contribution in [0.3, 0.4) is 0 Å². The normalized spacial score (nSPS) is 26.4. The fourth-order valence-corrected chi connectivity index (χ4v) is 7.64. The largest absolute Gasteiger partial charge is 0.338 e. The maximum Gasteiger partial charge on any atom is 0.253 e. The van der Waals surface area contributed by atoms with Gasteiger partial charge in [0.25, 0.3) is 5.91 Å². The van der Waals surface area contributed by atoms with E-state index in [2.05, 4.69) is 12.2 Å². The van der Waals surface area contributed by atoms with Gasteiger partial charge in [0, 0.05) is 43.9 Å². The lowest BCUT2D eigenvalue weighted by atomic mass is 9.82. The van der Waals surface area contributed by atoms with Crippen molar-refractivity contribution in [3.8, 4) is 0 Å². The van der Waals surface area contributed by atoms with Crippen LogP contribution in [0.1, 0.15) is 80.5 Å². The highest BCUT2D eigenvalue weighted by Crippen LogP contribution is 2.36. The summed E-state index contributed by atoms with van der Waals surface area (Å²) in [6.45, 7) is 8.16. The monoisotopic (exact) mass is 540 g/mol. The van der Waals surface area contributed by atoms with Gasteiger partial charge in [-0.25, -0.2) is 8.42 Å². The zero-order valence-corrected chi connectivity index (χ0v) is 23.6. The molecule has 0 bridgehead atoms. The Bertz CT molecular complexity index is 1250. The van der Waals surface area contributed by atoms with Crippen LogP contribution in [-0.4, -0.2) is 60.4 Å². The van der Waals surface area contributed by atoms with Crippen molar-refractivity contribution < 1.29 is 18.0 Å². The molecule has 9 heteroatoms. The minimum atomic E-state index is -3.64. The molecule has 1 aliphatic carbocycles. The molecule has 1 spiro atoms. The molecule has 1 saturated carbocycles. The van der Waals surface area contributed by atoms with E-state index in [9.17, 15) is 18.0 Å². The maximum atomic E-state index is 13.2. The number of carbonyl (C=O) groups is 2. The second kappa shape index (κ2) is 10.6. The molecule has 0 unspecified atom stereocenters. The molecule has 0 radical (unpaired) electrons. The third-order valence-electron chi connectivity index (χ3n) is 8.92. The number of hydrogen-bond acceptors (Lipinski definition) is 5. The van der Waals surface area contributed by atoms with E-state index < -0.39 is 15.6 Å². The van der Waals surface area contributed by atoms with E-state index in [0.717, 1.165) is 72.7 Å². The average Bonchev–Trinajstić information content (AvgIpc) is 3.41. The Balaban J connectivity index is 1.23. The minimum Gasteiger partial charge on any atom is -0.338 e. The third kappa shape index (κ3) is 5.45. The summed E-state index contributed by atoms with van der Waals surface area (Å²) >= 11 is 0. The fraction of sp³-hybridized carbons (Fsp3) is 0.621. The summed E-state index contributed by atoms with van der Waals surface area (Å²) in [4.78, 5) is 31.7. The summed E-state index contributed by atoms with van der Waals surface area (Å²) in [5.74, 6) is 1.99. The van der Waals surface area contributed by atoms with Crippen molar-refractivity contribution in [1.82, 2.24) is 14.5 Å². The summed E-state index contributed by atoms with van der Waals surface area (Å²) < 4.78 is 27.9. The first kappa shape index (κ1) is 27.1. The van der Waals surface area contributed by atoms with Crippen LogP contribution < -0.4 is 5.32 Å². The van der Waals surface area contributed by atoms with Crippen LogP contribution in [-0.2, 0) is 26.2 Å². The highest BCUT2D eigenvalue weighted by molar-refractivity contribution is 7.92.